The molecule has 120 valence electrons. The minimum absolute atomic E-state index is 0.0581. The fraction of sp³-hybridized carbons (Fsp3) is 0.867. The molecular formula is C15H28N4O2. The molecule has 0 aromatic carbocycles. The van der Waals surface area contributed by atoms with Crippen molar-refractivity contribution < 1.29 is 9.59 Å². The van der Waals surface area contributed by atoms with Gasteiger partial charge in [-0.2, -0.15) is 0 Å². The molecule has 3 amide bonds. The molecule has 1 saturated carbocycles. The molecule has 6 heteroatoms. The van der Waals surface area contributed by atoms with Crippen molar-refractivity contribution in [3.05, 3.63) is 0 Å². The minimum atomic E-state index is -0.410. The van der Waals surface area contributed by atoms with Gasteiger partial charge in [-0.05, 0) is 32.2 Å². The van der Waals surface area contributed by atoms with Gasteiger partial charge >= 0.3 is 6.03 Å². The van der Waals surface area contributed by atoms with Crippen molar-refractivity contribution >= 4 is 11.9 Å². The zero-order valence-electron chi connectivity index (χ0n) is 13.4. The van der Waals surface area contributed by atoms with Gasteiger partial charge in [-0.3, -0.25) is 4.79 Å². The Bertz CT molecular complexity index is 374. The molecule has 0 unspecified atom stereocenters. The predicted molar refractivity (Wildman–Crippen MR) is 82.0 cm³/mol. The van der Waals surface area contributed by atoms with E-state index in [0.717, 1.165) is 39.0 Å². The van der Waals surface area contributed by atoms with Gasteiger partial charge in [0.2, 0.25) is 5.91 Å². The maximum absolute atomic E-state index is 12.6. The highest BCUT2D eigenvalue weighted by Crippen LogP contribution is 2.18. The van der Waals surface area contributed by atoms with E-state index in [-0.39, 0.29) is 11.9 Å². The highest BCUT2D eigenvalue weighted by molar-refractivity contribution is 5.87. The quantitative estimate of drug-likeness (QED) is 0.782. The topological polar surface area (TPSA) is 64.7 Å². The summed E-state index contributed by atoms with van der Waals surface area (Å²) in [6, 6.07) is -0.304. The fourth-order valence-electron chi connectivity index (χ4n) is 2.55. The molecule has 6 nitrogen and oxygen atoms in total. The van der Waals surface area contributed by atoms with E-state index in [1.807, 2.05) is 4.90 Å². The van der Waals surface area contributed by atoms with Crippen LogP contribution in [0.1, 0.15) is 33.1 Å². The molecular weight excluding hydrogens is 268 g/mol. The van der Waals surface area contributed by atoms with Gasteiger partial charge in [0.25, 0.3) is 0 Å². The van der Waals surface area contributed by atoms with Crippen LogP contribution in [0.25, 0.3) is 0 Å². The molecule has 0 spiro atoms. The molecule has 21 heavy (non-hydrogen) atoms. The average molecular weight is 296 g/mol. The lowest BCUT2D eigenvalue weighted by molar-refractivity contribution is -0.135. The molecule has 0 bridgehead atoms. The normalized spacial score (nSPS) is 21.2. The van der Waals surface area contributed by atoms with E-state index in [0.29, 0.717) is 18.4 Å². The van der Waals surface area contributed by atoms with E-state index >= 15 is 0 Å². The van der Waals surface area contributed by atoms with Crippen molar-refractivity contribution in [2.75, 3.05) is 33.2 Å². The summed E-state index contributed by atoms with van der Waals surface area (Å²) in [5, 5.41) is 5.77. The standard InChI is InChI=1S/C15H28N4O2/c1-11(2)10-13(17-15(21)16-12-4-5-12)14(20)19-8-6-18(3)7-9-19/h11-13H,4-10H2,1-3H3,(H2,16,17,21)/t13-/m0/s1. The molecule has 2 rings (SSSR count). The van der Waals surface area contributed by atoms with Crippen LogP contribution in [0.4, 0.5) is 4.79 Å². The largest absolute Gasteiger partial charge is 0.338 e. The summed E-state index contributed by atoms with van der Waals surface area (Å²) in [7, 11) is 2.06. The van der Waals surface area contributed by atoms with Crippen LogP contribution < -0.4 is 10.6 Å². The molecule has 0 aromatic heterocycles. The van der Waals surface area contributed by atoms with Crippen molar-refractivity contribution in [1.29, 1.82) is 0 Å². The molecule has 1 aliphatic carbocycles. The lowest BCUT2D eigenvalue weighted by Gasteiger charge is -2.35. The van der Waals surface area contributed by atoms with Crippen molar-refractivity contribution in [1.82, 2.24) is 20.4 Å². The van der Waals surface area contributed by atoms with Gasteiger partial charge in [0.15, 0.2) is 0 Å². The van der Waals surface area contributed by atoms with Crippen molar-refractivity contribution in [2.45, 2.75) is 45.2 Å². The second-order valence-electron chi connectivity index (χ2n) is 6.70. The number of hydrogen-bond acceptors (Lipinski definition) is 3. The van der Waals surface area contributed by atoms with Crippen LogP contribution in [0.5, 0.6) is 0 Å². The highest BCUT2D eigenvalue weighted by Gasteiger charge is 2.30. The summed E-state index contributed by atoms with van der Waals surface area (Å²) < 4.78 is 0. The first kappa shape index (κ1) is 16.1. The Hall–Kier alpha value is -1.30. The Morgan fingerprint density at radius 3 is 2.29 bits per heavy atom. The fourth-order valence-corrected chi connectivity index (χ4v) is 2.55. The van der Waals surface area contributed by atoms with Crippen molar-refractivity contribution in [2.24, 2.45) is 5.92 Å². The smallest absolute Gasteiger partial charge is 0.315 e. The number of nitrogens with one attached hydrogen (secondary N) is 2. The van der Waals surface area contributed by atoms with Gasteiger partial charge in [0, 0.05) is 32.2 Å². The molecule has 1 aliphatic heterocycles. The number of piperazine rings is 1. The van der Waals surface area contributed by atoms with Gasteiger partial charge in [-0.25, -0.2) is 4.79 Å². The average Bonchev–Trinajstić information content (AvgIpc) is 3.21. The first-order chi connectivity index (χ1) is 9.95. The van der Waals surface area contributed by atoms with Gasteiger partial charge in [0.05, 0.1) is 0 Å². The van der Waals surface area contributed by atoms with Crippen LogP contribution in [0.2, 0.25) is 0 Å². The molecule has 1 atom stereocenters. The first-order valence-electron chi connectivity index (χ1n) is 8.00. The second-order valence-corrected chi connectivity index (χ2v) is 6.70. The third-order valence-electron chi connectivity index (χ3n) is 4.04. The molecule has 2 aliphatic rings. The first-order valence-corrected chi connectivity index (χ1v) is 8.00. The summed E-state index contributed by atoms with van der Waals surface area (Å²) in [5.74, 6) is 0.426. The number of carbonyl (C=O) groups is 2. The summed E-state index contributed by atoms with van der Waals surface area (Å²) in [4.78, 5) is 28.7. The summed E-state index contributed by atoms with van der Waals surface area (Å²) in [6.07, 6.45) is 2.78. The maximum Gasteiger partial charge on any atom is 0.315 e. The van der Waals surface area contributed by atoms with Crippen LogP contribution in [0, 0.1) is 5.92 Å². The van der Waals surface area contributed by atoms with Gasteiger partial charge in [-0.1, -0.05) is 13.8 Å². The highest BCUT2D eigenvalue weighted by atomic mass is 16.2. The summed E-state index contributed by atoms with van der Waals surface area (Å²) in [6.45, 7) is 7.43. The van der Waals surface area contributed by atoms with E-state index in [2.05, 4.69) is 36.4 Å². The zero-order chi connectivity index (χ0) is 15.4. The lowest BCUT2D eigenvalue weighted by atomic mass is 10.0. The van der Waals surface area contributed by atoms with Crippen LogP contribution in [-0.2, 0) is 4.79 Å². The number of amides is 3. The van der Waals surface area contributed by atoms with E-state index in [9.17, 15) is 9.59 Å². The van der Waals surface area contributed by atoms with Crippen LogP contribution in [-0.4, -0.2) is 67.0 Å². The number of likely N-dealkylation sites (N-methyl/N-ethyl adjacent to an activating group) is 1. The maximum atomic E-state index is 12.6. The number of carbonyl (C=O) groups excluding carboxylic acids is 2. The molecule has 1 saturated heterocycles. The van der Waals surface area contributed by atoms with E-state index < -0.39 is 6.04 Å². The number of urea groups is 1. The number of nitrogens with zero attached hydrogens (tertiary/aromatic N) is 2. The summed E-state index contributed by atoms with van der Waals surface area (Å²) in [5.41, 5.74) is 0. The van der Waals surface area contributed by atoms with Crippen LogP contribution >= 0.6 is 0 Å². The Morgan fingerprint density at radius 2 is 1.76 bits per heavy atom. The molecule has 0 radical (unpaired) electrons. The lowest BCUT2D eigenvalue weighted by Crippen LogP contribution is -2.56. The second kappa shape index (κ2) is 7.11. The monoisotopic (exact) mass is 296 g/mol. The Balaban J connectivity index is 1.90. The zero-order valence-corrected chi connectivity index (χ0v) is 13.4. The van der Waals surface area contributed by atoms with E-state index in [4.69, 9.17) is 0 Å². The molecule has 0 aromatic rings. The molecule has 1 heterocycles. The SMILES string of the molecule is CC(C)C[C@H](NC(=O)NC1CC1)C(=O)N1CCN(C)CC1. The third kappa shape index (κ3) is 5.19. The van der Waals surface area contributed by atoms with Crippen LogP contribution in [0.3, 0.4) is 0 Å². The Morgan fingerprint density at radius 1 is 1.14 bits per heavy atom. The Kier molecular flexibility index (Phi) is 5.45. The predicted octanol–water partition coefficient (Wildman–Crippen LogP) is 0.637. The van der Waals surface area contributed by atoms with Gasteiger partial charge < -0.3 is 20.4 Å². The van der Waals surface area contributed by atoms with E-state index in [1.54, 1.807) is 0 Å². The van der Waals surface area contributed by atoms with Gasteiger partial charge in [-0.15, -0.1) is 0 Å². The van der Waals surface area contributed by atoms with E-state index in [1.165, 1.54) is 0 Å². The minimum Gasteiger partial charge on any atom is -0.338 e. The van der Waals surface area contributed by atoms with Crippen molar-refractivity contribution in [3.63, 3.8) is 0 Å². The number of rotatable bonds is 5. The van der Waals surface area contributed by atoms with Gasteiger partial charge in [0.1, 0.15) is 6.04 Å². The van der Waals surface area contributed by atoms with Crippen molar-refractivity contribution in [3.8, 4) is 0 Å². The molecule has 2 fully saturated rings. The molecule has 2 N–H and O–H groups in total. The third-order valence-corrected chi connectivity index (χ3v) is 4.04. The summed E-state index contributed by atoms with van der Waals surface area (Å²) >= 11 is 0. The number of hydrogen-bond donors (Lipinski definition) is 2. The van der Waals surface area contributed by atoms with Crippen LogP contribution in [0.15, 0.2) is 0 Å². The Labute approximate surface area is 127 Å².